The molecule has 2 fully saturated rings. The zero-order valence-electron chi connectivity index (χ0n) is 19.4. The number of phenols is 2. The number of ether oxygens (including phenoxy) is 4. The Morgan fingerprint density at radius 1 is 0.765 bits per heavy atom. The van der Waals surface area contributed by atoms with Crippen LogP contribution in [0.5, 0.6) is 23.0 Å². The monoisotopic (exact) mass is 478 g/mol. The highest BCUT2D eigenvalue weighted by Gasteiger charge is 2.48. The number of fused-ring (bicyclic) bond motifs is 1. The average Bonchev–Trinajstić information content (AvgIpc) is 3.36. The third kappa shape index (κ3) is 6.75. The van der Waals surface area contributed by atoms with Gasteiger partial charge in [0, 0.05) is 25.7 Å². The highest BCUT2D eigenvalue weighted by atomic mass is 16.5. The molecule has 0 radical (unpaired) electrons. The zero-order chi connectivity index (χ0) is 25.4. The molecule has 4 atom stereocenters. The smallest absolute Gasteiger partial charge is 0.300 e. The van der Waals surface area contributed by atoms with Crippen molar-refractivity contribution in [2.24, 2.45) is 11.8 Å². The second-order valence-electron chi connectivity index (χ2n) is 7.74. The molecule has 0 unspecified atom stereocenters. The van der Waals surface area contributed by atoms with Gasteiger partial charge >= 0.3 is 0 Å². The first-order valence-corrected chi connectivity index (χ1v) is 10.4. The van der Waals surface area contributed by atoms with Crippen molar-refractivity contribution in [2.45, 2.75) is 26.1 Å². The Labute approximate surface area is 197 Å². The molecule has 34 heavy (non-hydrogen) atoms. The van der Waals surface area contributed by atoms with Crippen molar-refractivity contribution < 1.29 is 49.0 Å². The zero-order valence-corrected chi connectivity index (χ0v) is 19.4. The number of carboxylic acid groups (broad SMARTS) is 2. The van der Waals surface area contributed by atoms with Gasteiger partial charge in [0.05, 0.1) is 39.6 Å². The van der Waals surface area contributed by atoms with Gasteiger partial charge in [0.1, 0.15) is 0 Å². The summed E-state index contributed by atoms with van der Waals surface area (Å²) in [5, 5.41) is 34.4. The lowest BCUT2D eigenvalue weighted by molar-refractivity contribution is -0.135. The maximum absolute atomic E-state index is 9.80. The van der Waals surface area contributed by atoms with Crippen LogP contribution in [-0.2, 0) is 19.1 Å². The van der Waals surface area contributed by atoms with Crippen LogP contribution in [-0.4, -0.2) is 59.8 Å². The largest absolute Gasteiger partial charge is 0.504 e. The highest BCUT2D eigenvalue weighted by molar-refractivity contribution is 5.63. The third-order valence-corrected chi connectivity index (χ3v) is 5.33. The maximum atomic E-state index is 9.80. The number of aliphatic carboxylic acids is 2. The molecule has 4 rings (SSSR count). The Balaban J connectivity index is 0.000000446. The van der Waals surface area contributed by atoms with E-state index in [9.17, 15) is 10.2 Å². The topological polar surface area (TPSA) is 152 Å². The highest BCUT2D eigenvalue weighted by Crippen LogP contribution is 2.51. The van der Waals surface area contributed by atoms with E-state index < -0.39 is 11.9 Å². The van der Waals surface area contributed by atoms with Crippen molar-refractivity contribution in [1.82, 2.24) is 0 Å². The van der Waals surface area contributed by atoms with Crippen LogP contribution in [0.25, 0.3) is 0 Å². The molecule has 0 spiro atoms. The van der Waals surface area contributed by atoms with E-state index in [-0.39, 0.29) is 35.5 Å². The predicted octanol–water partition coefficient (Wildman–Crippen LogP) is 3.37. The number of rotatable bonds is 4. The predicted molar refractivity (Wildman–Crippen MR) is 120 cm³/mol. The van der Waals surface area contributed by atoms with Crippen LogP contribution >= 0.6 is 0 Å². The normalized spacial score (nSPS) is 22.4. The van der Waals surface area contributed by atoms with E-state index in [1.54, 1.807) is 12.1 Å². The number of methoxy groups -OCH3 is 2. The van der Waals surface area contributed by atoms with E-state index in [4.69, 9.17) is 38.7 Å². The van der Waals surface area contributed by atoms with E-state index in [1.165, 1.54) is 14.2 Å². The van der Waals surface area contributed by atoms with Crippen LogP contribution in [0, 0.1) is 11.8 Å². The lowest BCUT2D eigenvalue weighted by Gasteiger charge is -2.18. The van der Waals surface area contributed by atoms with Gasteiger partial charge in [-0.3, -0.25) is 9.59 Å². The molecule has 10 heteroatoms. The van der Waals surface area contributed by atoms with Gasteiger partial charge in [-0.25, -0.2) is 0 Å². The van der Waals surface area contributed by atoms with E-state index >= 15 is 0 Å². The number of phenolic OH excluding ortho intramolecular Hbond substituents is 2. The molecule has 10 nitrogen and oxygen atoms in total. The van der Waals surface area contributed by atoms with Crippen molar-refractivity contribution in [1.29, 1.82) is 0 Å². The first-order valence-electron chi connectivity index (χ1n) is 10.4. The average molecular weight is 478 g/mol. The second-order valence-corrected chi connectivity index (χ2v) is 7.74. The van der Waals surface area contributed by atoms with Gasteiger partial charge in [-0.15, -0.1) is 0 Å². The van der Waals surface area contributed by atoms with Gasteiger partial charge in [-0.2, -0.15) is 0 Å². The lowest BCUT2D eigenvalue weighted by atomic mass is 9.85. The van der Waals surface area contributed by atoms with Crippen LogP contribution in [0.15, 0.2) is 36.4 Å². The molecule has 2 aliphatic rings. The summed E-state index contributed by atoms with van der Waals surface area (Å²) < 4.78 is 22.6. The van der Waals surface area contributed by atoms with Crippen molar-refractivity contribution in [3.8, 4) is 23.0 Å². The summed E-state index contributed by atoms with van der Waals surface area (Å²) in [5.74, 6) is -0.130. The summed E-state index contributed by atoms with van der Waals surface area (Å²) in [4.78, 5) is 18.0. The van der Waals surface area contributed by atoms with Crippen LogP contribution in [0.1, 0.15) is 37.2 Å². The van der Waals surface area contributed by atoms with Crippen LogP contribution in [0.2, 0.25) is 0 Å². The Morgan fingerprint density at radius 2 is 1.09 bits per heavy atom. The minimum absolute atomic E-state index is 0.0986. The summed E-state index contributed by atoms with van der Waals surface area (Å²) in [7, 11) is 3.06. The Hall–Kier alpha value is -3.50. The number of benzene rings is 2. The van der Waals surface area contributed by atoms with E-state index in [0.29, 0.717) is 24.7 Å². The second kappa shape index (κ2) is 12.1. The fourth-order valence-electron chi connectivity index (χ4n) is 3.98. The van der Waals surface area contributed by atoms with Gasteiger partial charge in [0.2, 0.25) is 0 Å². The molecule has 0 aromatic heterocycles. The lowest BCUT2D eigenvalue weighted by Crippen LogP contribution is -2.14. The number of carboxylic acids is 2. The molecule has 2 aromatic carbocycles. The van der Waals surface area contributed by atoms with Gasteiger partial charge in [-0.1, -0.05) is 12.1 Å². The molecule has 186 valence electrons. The summed E-state index contributed by atoms with van der Waals surface area (Å²) in [6.07, 6.45) is -0.197. The molecule has 2 saturated heterocycles. The summed E-state index contributed by atoms with van der Waals surface area (Å²) in [5.41, 5.74) is 1.94. The minimum Gasteiger partial charge on any atom is -0.504 e. The van der Waals surface area contributed by atoms with Gasteiger partial charge in [0.15, 0.2) is 23.0 Å². The molecule has 2 heterocycles. The Bertz CT molecular complexity index is 902. The Kier molecular flexibility index (Phi) is 9.52. The van der Waals surface area contributed by atoms with Gasteiger partial charge in [0.25, 0.3) is 11.9 Å². The number of hydrogen-bond donors (Lipinski definition) is 4. The number of aromatic hydroxyl groups is 2. The summed E-state index contributed by atoms with van der Waals surface area (Å²) >= 11 is 0. The van der Waals surface area contributed by atoms with Crippen LogP contribution in [0.4, 0.5) is 0 Å². The standard InChI is InChI=1S/C20H22O6.2C2H4O2/c1-23-17-7-11(3-5-15(17)21)19-13-9-26-20(14(13)10-25-19)12-4-6-16(22)18(8-12)24-2;2*1-2(3)4/h3-8,13-14,19-22H,9-10H2,1-2H3;2*1H3,(H,3,4)/t13-,14-,19+,20+;;/m0../s1. The van der Waals surface area contributed by atoms with E-state index in [1.807, 2.05) is 24.3 Å². The fraction of sp³-hybridized carbons (Fsp3) is 0.417. The molecular formula is C24H30O10. The molecule has 0 saturated carbocycles. The van der Waals surface area contributed by atoms with Gasteiger partial charge < -0.3 is 39.4 Å². The van der Waals surface area contributed by atoms with E-state index in [0.717, 1.165) is 25.0 Å². The number of carbonyl (C=O) groups is 2. The molecule has 2 aromatic rings. The minimum atomic E-state index is -0.833. The van der Waals surface area contributed by atoms with Crippen molar-refractivity contribution in [3.05, 3.63) is 47.5 Å². The van der Waals surface area contributed by atoms with E-state index in [2.05, 4.69) is 0 Å². The SMILES string of the molecule is CC(=O)O.CC(=O)O.COc1cc([C@H]2OC[C@H]3[C@@H]2CO[C@@H]3c2ccc(O)c(OC)c2)ccc1O. The van der Waals surface area contributed by atoms with Gasteiger partial charge in [-0.05, 0) is 35.4 Å². The number of hydrogen-bond acceptors (Lipinski definition) is 8. The first-order chi connectivity index (χ1) is 16.1. The molecular weight excluding hydrogens is 448 g/mol. The Morgan fingerprint density at radius 3 is 1.38 bits per heavy atom. The fourth-order valence-corrected chi connectivity index (χ4v) is 3.98. The molecule has 0 amide bonds. The maximum Gasteiger partial charge on any atom is 0.300 e. The summed E-state index contributed by atoms with van der Waals surface area (Å²) in [6.45, 7) is 3.35. The third-order valence-electron chi connectivity index (χ3n) is 5.33. The van der Waals surface area contributed by atoms with Crippen molar-refractivity contribution in [3.63, 3.8) is 0 Å². The van der Waals surface area contributed by atoms with Crippen molar-refractivity contribution in [2.75, 3.05) is 27.4 Å². The summed E-state index contributed by atoms with van der Waals surface area (Å²) in [6, 6.07) is 10.6. The van der Waals surface area contributed by atoms with Crippen LogP contribution < -0.4 is 9.47 Å². The molecule has 0 bridgehead atoms. The quantitative estimate of drug-likeness (QED) is 0.514. The van der Waals surface area contributed by atoms with Crippen molar-refractivity contribution >= 4 is 11.9 Å². The molecule has 4 N–H and O–H groups in total. The molecule has 0 aliphatic carbocycles. The first kappa shape index (κ1) is 26.7. The molecule has 2 aliphatic heterocycles. The van der Waals surface area contributed by atoms with Crippen LogP contribution in [0.3, 0.4) is 0 Å².